The van der Waals surface area contributed by atoms with Crippen molar-refractivity contribution in [2.75, 3.05) is 12.8 Å². The summed E-state index contributed by atoms with van der Waals surface area (Å²) >= 11 is 0. The van der Waals surface area contributed by atoms with Crippen LogP contribution in [0.2, 0.25) is 0 Å². The number of benzene rings is 1. The molecule has 5 nitrogen and oxygen atoms in total. The molecule has 1 amide bonds. The van der Waals surface area contributed by atoms with Gasteiger partial charge in [-0.05, 0) is 25.3 Å². The van der Waals surface area contributed by atoms with Crippen LogP contribution in [0.5, 0.6) is 0 Å². The zero-order valence-electron chi connectivity index (χ0n) is 12.5. The third kappa shape index (κ3) is 5.13. The molecular formula is C15H22N2O3S. The molecule has 1 fully saturated rings. The molecule has 1 aromatic carbocycles. The molecule has 0 bridgehead atoms. The van der Waals surface area contributed by atoms with Crippen LogP contribution in [-0.2, 0) is 21.4 Å². The molecule has 2 rings (SSSR count). The van der Waals surface area contributed by atoms with Gasteiger partial charge in [0.05, 0.1) is 6.26 Å². The van der Waals surface area contributed by atoms with Crippen LogP contribution in [0.25, 0.3) is 0 Å². The van der Waals surface area contributed by atoms with E-state index in [-0.39, 0.29) is 24.9 Å². The van der Waals surface area contributed by atoms with E-state index in [2.05, 4.69) is 5.32 Å². The lowest BCUT2D eigenvalue weighted by atomic mass is 10.1. The van der Waals surface area contributed by atoms with Crippen molar-refractivity contribution in [2.45, 2.75) is 38.8 Å². The highest BCUT2D eigenvalue weighted by molar-refractivity contribution is 7.88. The van der Waals surface area contributed by atoms with Crippen molar-refractivity contribution in [3.8, 4) is 0 Å². The summed E-state index contributed by atoms with van der Waals surface area (Å²) in [6, 6.07) is 8.04. The molecule has 1 aliphatic carbocycles. The van der Waals surface area contributed by atoms with Gasteiger partial charge in [-0.3, -0.25) is 4.79 Å². The topological polar surface area (TPSA) is 66.5 Å². The quantitative estimate of drug-likeness (QED) is 0.828. The van der Waals surface area contributed by atoms with E-state index in [0.29, 0.717) is 6.54 Å². The van der Waals surface area contributed by atoms with Crippen LogP contribution >= 0.6 is 0 Å². The number of aryl methyl sites for hydroxylation is 1. The summed E-state index contributed by atoms with van der Waals surface area (Å²) in [6.07, 6.45) is 3.21. The van der Waals surface area contributed by atoms with Crippen LogP contribution in [0.15, 0.2) is 24.3 Å². The second-order valence-electron chi connectivity index (χ2n) is 5.62. The van der Waals surface area contributed by atoms with Crippen molar-refractivity contribution in [1.29, 1.82) is 0 Å². The summed E-state index contributed by atoms with van der Waals surface area (Å²) in [5, 5.41) is 2.83. The molecule has 0 saturated heterocycles. The summed E-state index contributed by atoms with van der Waals surface area (Å²) in [4.78, 5) is 11.8. The third-order valence-electron chi connectivity index (χ3n) is 3.51. The van der Waals surface area contributed by atoms with Gasteiger partial charge in [0, 0.05) is 25.6 Å². The lowest BCUT2D eigenvalue weighted by molar-refractivity contribution is -0.121. The van der Waals surface area contributed by atoms with Crippen LogP contribution in [-0.4, -0.2) is 37.5 Å². The predicted molar refractivity (Wildman–Crippen MR) is 82.2 cm³/mol. The molecule has 0 heterocycles. The first-order valence-corrected chi connectivity index (χ1v) is 9.00. The Hall–Kier alpha value is -1.40. The average Bonchev–Trinajstić information content (AvgIpc) is 3.19. The normalized spacial score (nSPS) is 15.2. The summed E-state index contributed by atoms with van der Waals surface area (Å²) in [7, 11) is -3.22. The van der Waals surface area contributed by atoms with Gasteiger partial charge in [-0.1, -0.05) is 29.8 Å². The Morgan fingerprint density at radius 3 is 2.67 bits per heavy atom. The largest absolute Gasteiger partial charge is 0.352 e. The second kappa shape index (κ2) is 6.58. The molecule has 0 aromatic heterocycles. The first kappa shape index (κ1) is 16.0. The van der Waals surface area contributed by atoms with E-state index in [1.54, 1.807) is 0 Å². The summed E-state index contributed by atoms with van der Waals surface area (Å²) in [6.45, 7) is 2.75. The number of hydrogen-bond donors (Lipinski definition) is 1. The highest BCUT2D eigenvalue weighted by Crippen LogP contribution is 2.28. The molecule has 0 radical (unpaired) electrons. The van der Waals surface area contributed by atoms with Crippen LogP contribution in [0.4, 0.5) is 0 Å². The van der Waals surface area contributed by atoms with E-state index >= 15 is 0 Å². The number of nitrogens with zero attached hydrogens (tertiary/aromatic N) is 1. The maximum atomic E-state index is 11.8. The molecule has 0 unspecified atom stereocenters. The second-order valence-corrected chi connectivity index (χ2v) is 7.56. The molecule has 0 aliphatic heterocycles. The minimum Gasteiger partial charge on any atom is -0.352 e. The Labute approximate surface area is 126 Å². The van der Waals surface area contributed by atoms with Gasteiger partial charge in [-0.25, -0.2) is 8.42 Å². The van der Waals surface area contributed by atoms with Crippen molar-refractivity contribution in [3.63, 3.8) is 0 Å². The smallest absolute Gasteiger partial charge is 0.221 e. The first-order chi connectivity index (χ1) is 9.86. The van der Waals surface area contributed by atoms with E-state index in [1.165, 1.54) is 10.6 Å². The maximum Gasteiger partial charge on any atom is 0.221 e. The van der Waals surface area contributed by atoms with E-state index < -0.39 is 10.0 Å². The van der Waals surface area contributed by atoms with Gasteiger partial charge in [0.2, 0.25) is 15.9 Å². The van der Waals surface area contributed by atoms with E-state index in [9.17, 15) is 13.2 Å². The molecule has 0 atom stereocenters. The summed E-state index contributed by atoms with van der Waals surface area (Å²) in [5.74, 6) is -0.120. The molecule has 21 heavy (non-hydrogen) atoms. The van der Waals surface area contributed by atoms with Gasteiger partial charge < -0.3 is 5.32 Å². The monoisotopic (exact) mass is 310 g/mol. The standard InChI is InChI=1S/C15H22N2O3S/c1-12-4-3-5-13(10-12)11-16-15(18)8-9-17(14-6-7-14)21(2,19)20/h3-5,10,14H,6-9,11H2,1-2H3,(H,16,18). The van der Waals surface area contributed by atoms with Crippen LogP contribution < -0.4 is 5.32 Å². The number of carbonyl (C=O) groups is 1. The fourth-order valence-corrected chi connectivity index (χ4v) is 3.48. The van der Waals surface area contributed by atoms with Crippen molar-refractivity contribution < 1.29 is 13.2 Å². The number of hydrogen-bond acceptors (Lipinski definition) is 3. The molecule has 1 N–H and O–H groups in total. The Kier molecular flexibility index (Phi) is 5.00. The van der Waals surface area contributed by atoms with Gasteiger partial charge in [-0.2, -0.15) is 4.31 Å². The molecular weight excluding hydrogens is 288 g/mol. The van der Waals surface area contributed by atoms with Gasteiger partial charge >= 0.3 is 0 Å². The third-order valence-corrected chi connectivity index (χ3v) is 4.84. The van der Waals surface area contributed by atoms with Gasteiger partial charge in [0.15, 0.2) is 0 Å². The van der Waals surface area contributed by atoms with Gasteiger partial charge in [-0.15, -0.1) is 0 Å². The maximum absolute atomic E-state index is 11.8. The van der Waals surface area contributed by atoms with Crippen molar-refractivity contribution in [3.05, 3.63) is 35.4 Å². The Morgan fingerprint density at radius 1 is 1.38 bits per heavy atom. The lowest BCUT2D eigenvalue weighted by Crippen LogP contribution is -2.36. The highest BCUT2D eigenvalue weighted by atomic mass is 32.2. The molecule has 0 spiro atoms. The average molecular weight is 310 g/mol. The van der Waals surface area contributed by atoms with Gasteiger partial charge in [0.25, 0.3) is 0 Å². The minimum atomic E-state index is -3.22. The fraction of sp³-hybridized carbons (Fsp3) is 0.533. The van der Waals surface area contributed by atoms with E-state index in [1.807, 2.05) is 31.2 Å². The van der Waals surface area contributed by atoms with Gasteiger partial charge in [0.1, 0.15) is 0 Å². The number of sulfonamides is 1. The zero-order chi connectivity index (χ0) is 15.5. The number of rotatable bonds is 7. The Bertz CT molecular complexity index is 609. The number of amides is 1. The van der Waals surface area contributed by atoms with Crippen LogP contribution in [0, 0.1) is 6.92 Å². The summed E-state index contributed by atoms with van der Waals surface area (Å²) < 4.78 is 24.7. The SMILES string of the molecule is Cc1cccc(CNC(=O)CCN(C2CC2)S(C)(=O)=O)c1. The highest BCUT2D eigenvalue weighted by Gasteiger charge is 2.34. The van der Waals surface area contributed by atoms with Crippen LogP contribution in [0.3, 0.4) is 0 Å². The number of nitrogens with one attached hydrogen (secondary N) is 1. The van der Waals surface area contributed by atoms with Crippen LogP contribution in [0.1, 0.15) is 30.4 Å². The Balaban J connectivity index is 1.79. The van der Waals surface area contributed by atoms with Crippen molar-refractivity contribution >= 4 is 15.9 Å². The predicted octanol–water partition coefficient (Wildman–Crippen LogP) is 1.43. The summed E-state index contributed by atoms with van der Waals surface area (Å²) in [5.41, 5.74) is 2.20. The minimum absolute atomic E-state index is 0.101. The lowest BCUT2D eigenvalue weighted by Gasteiger charge is -2.18. The Morgan fingerprint density at radius 2 is 2.10 bits per heavy atom. The molecule has 1 saturated carbocycles. The fourth-order valence-electron chi connectivity index (χ4n) is 2.30. The first-order valence-electron chi connectivity index (χ1n) is 7.15. The number of carbonyl (C=O) groups excluding carboxylic acids is 1. The van der Waals surface area contributed by atoms with E-state index in [0.717, 1.165) is 24.0 Å². The zero-order valence-corrected chi connectivity index (χ0v) is 13.3. The van der Waals surface area contributed by atoms with Crippen molar-refractivity contribution in [1.82, 2.24) is 9.62 Å². The molecule has 116 valence electrons. The van der Waals surface area contributed by atoms with E-state index in [4.69, 9.17) is 0 Å². The molecule has 1 aliphatic rings. The molecule has 1 aromatic rings. The molecule has 6 heteroatoms. The van der Waals surface area contributed by atoms with Crippen molar-refractivity contribution in [2.24, 2.45) is 0 Å².